The van der Waals surface area contributed by atoms with Gasteiger partial charge in [0.25, 0.3) is 0 Å². The van der Waals surface area contributed by atoms with Crippen molar-refractivity contribution in [3.63, 3.8) is 0 Å². The molecular weight excluding hydrogens is 501 g/mol. The van der Waals surface area contributed by atoms with E-state index in [1.165, 1.54) is 0 Å². The molecule has 5 heteroatoms. The van der Waals surface area contributed by atoms with Crippen molar-refractivity contribution in [2.75, 3.05) is 0 Å². The smallest absolute Gasteiger partial charge is 0 e. The SMILES string of the molecule is [Br-].[Br-].[Br-].[Br-].[Ta]. The Kier molecular flexibility index (Phi) is 290. The average Bonchev–Trinajstić information content (AvgIpc) is 0. The third-order valence-corrected chi connectivity index (χ3v) is 0. The minimum atomic E-state index is 0. The molecular formula is Br4Ta-4. The standard InChI is InChI=1S/4BrH.Ta/h4*1H;/p-4. The number of hydrogen-bond donors (Lipinski definition) is 0. The normalized spacial score (nSPS) is 0. The molecule has 0 aliphatic rings. The predicted octanol–water partition coefficient (Wildman–Crippen LogP) is -12.0. The van der Waals surface area contributed by atoms with Crippen LogP contribution in [0.4, 0.5) is 0 Å². The van der Waals surface area contributed by atoms with Crippen LogP contribution in [0, 0.1) is 0 Å². The first-order chi connectivity index (χ1) is 0. The molecule has 0 nitrogen and oxygen atoms in total. The summed E-state index contributed by atoms with van der Waals surface area (Å²) in [6.45, 7) is 0. The molecule has 0 spiro atoms. The van der Waals surface area contributed by atoms with Crippen LogP contribution in [0.1, 0.15) is 0 Å². The second kappa shape index (κ2) is 30.2. The Morgan fingerprint density at radius 3 is 0.400 bits per heavy atom. The molecule has 0 aromatic heterocycles. The van der Waals surface area contributed by atoms with E-state index >= 15 is 0 Å². The molecule has 0 aromatic rings. The summed E-state index contributed by atoms with van der Waals surface area (Å²) in [4.78, 5) is 0. The molecule has 37 valence electrons. The fourth-order valence-electron chi connectivity index (χ4n) is 0. The van der Waals surface area contributed by atoms with E-state index in [2.05, 4.69) is 0 Å². The van der Waals surface area contributed by atoms with E-state index in [0.717, 1.165) is 0 Å². The summed E-state index contributed by atoms with van der Waals surface area (Å²) in [5, 5.41) is 0. The number of halogens is 4. The summed E-state index contributed by atoms with van der Waals surface area (Å²) in [5.41, 5.74) is 0. The van der Waals surface area contributed by atoms with E-state index in [-0.39, 0.29) is 90.3 Å². The monoisotopic (exact) mass is 497 g/mol. The second-order valence-electron chi connectivity index (χ2n) is 0. The zero-order valence-electron chi connectivity index (χ0n) is 1.96. The largest absolute Gasteiger partial charge is 1.00 e. The first-order valence-corrected chi connectivity index (χ1v) is 0. The van der Waals surface area contributed by atoms with Crippen molar-refractivity contribution in [2.24, 2.45) is 0 Å². The van der Waals surface area contributed by atoms with Crippen LogP contribution in [0.2, 0.25) is 0 Å². The maximum Gasteiger partial charge on any atom is 0 e. The third-order valence-electron chi connectivity index (χ3n) is 0. The Labute approximate surface area is 89.1 Å². The van der Waals surface area contributed by atoms with Crippen LogP contribution in [0.25, 0.3) is 0 Å². The molecule has 0 aliphatic heterocycles. The molecule has 0 aliphatic carbocycles. The van der Waals surface area contributed by atoms with E-state index in [1.54, 1.807) is 0 Å². The Morgan fingerprint density at radius 2 is 0.400 bits per heavy atom. The summed E-state index contributed by atoms with van der Waals surface area (Å²) in [5.74, 6) is 0. The molecule has 0 bridgehead atoms. The maximum atomic E-state index is 0. The van der Waals surface area contributed by atoms with E-state index in [9.17, 15) is 0 Å². The molecule has 0 unspecified atom stereocenters. The molecule has 0 heterocycles. The number of hydrogen-bond acceptors (Lipinski definition) is 0. The summed E-state index contributed by atoms with van der Waals surface area (Å²) < 4.78 is 0. The van der Waals surface area contributed by atoms with Gasteiger partial charge in [-0.05, 0) is 0 Å². The Hall–Kier alpha value is 2.66. The maximum absolute atomic E-state index is 0. The van der Waals surface area contributed by atoms with E-state index in [0.29, 0.717) is 0 Å². The third kappa shape index (κ3) is 20.4. The molecule has 0 rings (SSSR count). The Balaban J connectivity index is 0. The van der Waals surface area contributed by atoms with Gasteiger partial charge in [0.15, 0.2) is 0 Å². The van der Waals surface area contributed by atoms with Crippen molar-refractivity contribution in [1.29, 1.82) is 0 Å². The van der Waals surface area contributed by atoms with Crippen LogP contribution in [0.15, 0.2) is 0 Å². The Bertz CT molecular complexity index is 3.61. The van der Waals surface area contributed by atoms with Gasteiger partial charge in [0.05, 0.1) is 0 Å². The van der Waals surface area contributed by atoms with Gasteiger partial charge in [-0.1, -0.05) is 0 Å². The van der Waals surface area contributed by atoms with Crippen LogP contribution >= 0.6 is 0 Å². The van der Waals surface area contributed by atoms with Gasteiger partial charge in [-0.2, -0.15) is 0 Å². The summed E-state index contributed by atoms with van der Waals surface area (Å²) in [7, 11) is 0. The van der Waals surface area contributed by atoms with Gasteiger partial charge in [-0.15, -0.1) is 0 Å². The average molecular weight is 501 g/mol. The van der Waals surface area contributed by atoms with Gasteiger partial charge in [0.2, 0.25) is 0 Å². The minimum Gasteiger partial charge on any atom is -1.00 e. The van der Waals surface area contributed by atoms with Crippen molar-refractivity contribution in [3.05, 3.63) is 0 Å². The van der Waals surface area contributed by atoms with Gasteiger partial charge >= 0.3 is 0 Å². The predicted molar refractivity (Wildman–Crippen MR) is 0 cm³/mol. The van der Waals surface area contributed by atoms with Gasteiger partial charge in [-0.25, -0.2) is 0 Å². The fourth-order valence-corrected chi connectivity index (χ4v) is 0. The van der Waals surface area contributed by atoms with Crippen LogP contribution in [0.3, 0.4) is 0 Å². The Morgan fingerprint density at radius 1 is 0.400 bits per heavy atom. The first kappa shape index (κ1) is 48.0. The van der Waals surface area contributed by atoms with E-state index in [4.69, 9.17) is 0 Å². The molecule has 0 fully saturated rings. The summed E-state index contributed by atoms with van der Waals surface area (Å²) >= 11 is 0. The van der Waals surface area contributed by atoms with Crippen molar-refractivity contribution >= 4 is 0 Å². The van der Waals surface area contributed by atoms with Crippen LogP contribution in [-0.2, 0) is 22.4 Å². The first-order valence-electron chi connectivity index (χ1n) is 0. The topological polar surface area (TPSA) is 0 Å². The molecule has 0 atom stereocenters. The van der Waals surface area contributed by atoms with E-state index in [1.807, 2.05) is 0 Å². The van der Waals surface area contributed by atoms with Crippen LogP contribution in [0.5, 0.6) is 0 Å². The molecule has 0 saturated heterocycles. The summed E-state index contributed by atoms with van der Waals surface area (Å²) in [6, 6.07) is 0. The molecule has 0 amide bonds. The van der Waals surface area contributed by atoms with Gasteiger partial charge < -0.3 is 67.9 Å². The van der Waals surface area contributed by atoms with Gasteiger partial charge in [0.1, 0.15) is 0 Å². The van der Waals surface area contributed by atoms with Crippen LogP contribution < -0.4 is 67.9 Å². The second-order valence-corrected chi connectivity index (χ2v) is 0. The van der Waals surface area contributed by atoms with Gasteiger partial charge in [0, 0.05) is 22.4 Å². The quantitative estimate of drug-likeness (QED) is 0.310. The molecule has 0 saturated carbocycles. The number of rotatable bonds is 0. The van der Waals surface area contributed by atoms with Crippen molar-refractivity contribution in [1.82, 2.24) is 0 Å². The van der Waals surface area contributed by atoms with Crippen LogP contribution in [-0.4, -0.2) is 0 Å². The van der Waals surface area contributed by atoms with E-state index < -0.39 is 0 Å². The van der Waals surface area contributed by atoms with Gasteiger partial charge in [-0.3, -0.25) is 0 Å². The molecule has 0 N–H and O–H groups in total. The van der Waals surface area contributed by atoms with Crippen molar-refractivity contribution in [3.8, 4) is 0 Å². The molecule has 1 radical (unpaired) electrons. The minimum absolute atomic E-state index is 0. The van der Waals surface area contributed by atoms with Crippen molar-refractivity contribution < 1.29 is 90.3 Å². The zero-order valence-corrected chi connectivity index (χ0v) is 11.5. The zero-order chi connectivity index (χ0) is 0. The van der Waals surface area contributed by atoms with Crippen molar-refractivity contribution in [2.45, 2.75) is 0 Å². The molecule has 0 aromatic carbocycles. The summed E-state index contributed by atoms with van der Waals surface area (Å²) in [6.07, 6.45) is 0. The molecule has 5 heavy (non-hydrogen) atoms. The fraction of sp³-hybridized carbons (Fsp3) is 0.